The Kier molecular flexibility index (Phi) is 3.46. The highest BCUT2D eigenvalue weighted by Gasteiger charge is 2.67. The quantitative estimate of drug-likeness (QED) is 0.783. The largest absolute Gasteiger partial charge is 0.360 e. The van der Waals surface area contributed by atoms with E-state index in [1.807, 2.05) is 12.2 Å². The minimum absolute atomic E-state index is 0.0741. The minimum Gasteiger partial charge on any atom is -0.360 e. The highest BCUT2D eigenvalue weighted by atomic mass is 16.5. The van der Waals surface area contributed by atoms with Crippen molar-refractivity contribution in [3.63, 3.8) is 0 Å². The zero-order valence-electron chi connectivity index (χ0n) is 15.0. The fraction of sp³-hybridized carbons (Fsp3) is 0.450. The Labute approximate surface area is 156 Å². The molecule has 3 amide bonds. The van der Waals surface area contributed by atoms with Crippen molar-refractivity contribution in [2.24, 2.45) is 11.8 Å². The summed E-state index contributed by atoms with van der Waals surface area (Å²) in [4.78, 5) is 38.8. The lowest BCUT2D eigenvalue weighted by Gasteiger charge is -2.23. The number of hydrogen-bond acceptors (Lipinski definition) is 4. The molecule has 0 radical (unpaired) electrons. The number of fused-ring (bicyclic) bond motifs is 1. The van der Waals surface area contributed by atoms with E-state index in [4.69, 9.17) is 4.74 Å². The number of ether oxygens (including phenoxy) is 1. The van der Waals surface area contributed by atoms with Gasteiger partial charge in [-0.05, 0) is 37.1 Å². The molecule has 2 bridgehead atoms. The maximum Gasteiger partial charge on any atom is 0.234 e. The van der Waals surface area contributed by atoms with Gasteiger partial charge in [-0.15, -0.1) is 0 Å². The summed E-state index contributed by atoms with van der Waals surface area (Å²) >= 11 is 0. The highest BCUT2D eigenvalue weighted by molar-refractivity contribution is 6.03. The normalized spacial score (nSPS) is 33.3. The van der Waals surface area contributed by atoms with Gasteiger partial charge in [0.2, 0.25) is 17.7 Å². The summed E-state index contributed by atoms with van der Waals surface area (Å²) in [5.41, 5.74) is 0.693. The van der Waals surface area contributed by atoms with Crippen molar-refractivity contribution in [2.75, 3.05) is 16.8 Å². The summed E-state index contributed by atoms with van der Waals surface area (Å²) in [5.74, 6) is -1.25. The number of rotatable bonds is 4. The maximum atomic E-state index is 13.2. The highest BCUT2D eigenvalue weighted by Crippen LogP contribution is 2.52. The predicted octanol–water partition coefficient (Wildman–Crippen LogP) is 1.21. The molecule has 3 fully saturated rings. The number of carbonyl (C=O) groups is 3. The van der Waals surface area contributed by atoms with E-state index in [-0.39, 0.29) is 29.9 Å². The van der Waals surface area contributed by atoms with Crippen LogP contribution in [0, 0.1) is 11.8 Å². The lowest BCUT2D eigenvalue weighted by atomic mass is 9.77. The molecule has 1 saturated carbocycles. The van der Waals surface area contributed by atoms with Crippen LogP contribution >= 0.6 is 0 Å². The van der Waals surface area contributed by atoms with Gasteiger partial charge in [-0.1, -0.05) is 12.2 Å². The number of benzene rings is 1. The van der Waals surface area contributed by atoms with Gasteiger partial charge in [-0.2, -0.15) is 0 Å². The molecule has 0 aromatic heterocycles. The van der Waals surface area contributed by atoms with Crippen LogP contribution in [0.15, 0.2) is 36.4 Å². The Bertz CT molecular complexity index is 860. The molecule has 3 aliphatic heterocycles. The topological polar surface area (TPSA) is 87.7 Å². The van der Waals surface area contributed by atoms with Crippen molar-refractivity contribution in [3.8, 4) is 0 Å². The first-order chi connectivity index (χ1) is 13.0. The second-order valence-corrected chi connectivity index (χ2v) is 7.84. The van der Waals surface area contributed by atoms with Gasteiger partial charge in [0.25, 0.3) is 0 Å². The van der Waals surface area contributed by atoms with E-state index >= 15 is 0 Å². The standard InChI is InChI=1S/C20H21N3O4/c1-11(24)21-12-4-6-14(7-5-12)23-10-20-9-8-15(27-20)16(17(20)19(23)26)18(25)22-13-2-3-13/h4-9,13,15-17H,2-3,10H2,1H3,(H,21,24)(H,22,25)/t15?,16?,17?,20-/m1/s1. The van der Waals surface area contributed by atoms with Crippen molar-refractivity contribution < 1.29 is 19.1 Å². The van der Waals surface area contributed by atoms with Gasteiger partial charge in [-0.3, -0.25) is 14.4 Å². The summed E-state index contributed by atoms with van der Waals surface area (Å²) < 4.78 is 6.13. The lowest BCUT2D eigenvalue weighted by Crippen LogP contribution is -2.44. The van der Waals surface area contributed by atoms with Gasteiger partial charge in [0, 0.05) is 24.3 Å². The van der Waals surface area contributed by atoms with Crippen LogP contribution in [-0.2, 0) is 19.1 Å². The number of carbonyl (C=O) groups excluding carboxylic acids is 3. The summed E-state index contributed by atoms with van der Waals surface area (Å²) in [6, 6.07) is 7.39. The zero-order chi connectivity index (χ0) is 18.8. The van der Waals surface area contributed by atoms with Crippen LogP contribution < -0.4 is 15.5 Å². The lowest BCUT2D eigenvalue weighted by molar-refractivity contribution is -0.132. The molecule has 3 heterocycles. The average molecular weight is 367 g/mol. The van der Waals surface area contributed by atoms with Gasteiger partial charge in [-0.25, -0.2) is 0 Å². The van der Waals surface area contributed by atoms with E-state index in [0.717, 1.165) is 18.5 Å². The van der Waals surface area contributed by atoms with Crippen molar-refractivity contribution in [1.82, 2.24) is 5.32 Å². The van der Waals surface area contributed by atoms with Crippen LogP contribution in [0.1, 0.15) is 19.8 Å². The van der Waals surface area contributed by atoms with Crippen molar-refractivity contribution in [3.05, 3.63) is 36.4 Å². The second kappa shape index (κ2) is 5.66. The van der Waals surface area contributed by atoms with Gasteiger partial charge in [0.1, 0.15) is 5.60 Å². The molecule has 1 spiro atoms. The Morgan fingerprint density at radius 2 is 1.96 bits per heavy atom. The Hall–Kier alpha value is -2.67. The number of hydrogen-bond donors (Lipinski definition) is 2. The molecule has 27 heavy (non-hydrogen) atoms. The Morgan fingerprint density at radius 1 is 1.22 bits per heavy atom. The van der Waals surface area contributed by atoms with Crippen LogP contribution in [0.5, 0.6) is 0 Å². The third-order valence-corrected chi connectivity index (χ3v) is 5.83. The summed E-state index contributed by atoms with van der Waals surface area (Å²) in [6.45, 7) is 1.85. The van der Waals surface area contributed by atoms with Crippen LogP contribution in [0.3, 0.4) is 0 Å². The van der Waals surface area contributed by atoms with Gasteiger partial charge >= 0.3 is 0 Å². The SMILES string of the molecule is CC(=O)Nc1ccc(N2C[C@@]34C=CC(O3)C(C(=O)NC3CC3)C4C2=O)cc1. The molecule has 1 aromatic carbocycles. The number of nitrogens with zero attached hydrogens (tertiary/aromatic N) is 1. The fourth-order valence-corrected chi connectivity index (χ4v) is 4.47. The molecule has 2 saturated heterocycles. The smallest absolute Gasteiger partial charge is 0.234 e. The Morgan fingerprint density at radius 3 is 2.63 bits per heavy atom. The molecule has 140 valence electrons. The molecule has 1 aliphatic carbocycles. The van der Waals surface area contributed by atoms with Gasteiger partial charge < -0.3 is 20.3 Å². The molecule has 4 aliphatic rings. The van der Waals surface area contributed by atoms with Crippen molar-refractivity contribution >= 4 is 29.1 Å². The molecule has 5 rings (SSSR count). The van der Waals surface area contributed by atoms with Crippen molar-refractivity contribution in [1.29, 1.82) is 0 Å². The van der Waals surface area contributed by atoms with E-state index in [1.54, 1.807) is 29.2 Å². The van der Waals surface area contributed by atoms with Gasteiger partial charge in [0.05, 0.1) is 24.5 Å². The predicted molar refractivity (Wildman–Crippen MR) is 98.0 cm³/mol. The molecule has 2 N–H and O–H groups in total. The van der Waals surface area contributed by atoms with E-state index in [2.05, 4.69) is 10.6 Å². The number of anilines is 2. The van der Waals surface area contributed by atoms with Crippen LogP contribution in [-0.4, -0.2) is 42.0 Å². The zero-order valence-corrected chi connectivity index (χ0v) is 15.0. The molecule has 3 unspecified atom stereocenters. The summed E-state index contributed by atoms with van der Waals surface area (Å²) in [6.07, 6.45) is 5.58. The van der Waals surface area contributed by atoms with Gasteiger partial charge in [0.15, 0.2) is 0 Å². The van der Waals surface area contributed by atoms with Crippen LogP contribution in [0.2, 0.25) is 0 Å². The molecule has 7 heteroatoms. The fourth-order valence-electron chi connectivity index (χ4n) is 4.47. The molecule has 7 nitrogen and oxygen atoms in total. The second-order valence-electron chi connectivity index (χ2n) is 7.84. The third-order valence-electron chi connectivity index (χ3n) is 5.83. The van der Waals surface area contributed by atoms with E-state index in [1.165, 1.54) is 6.92 Å². The van der Waals surface area contributed by atoms with E-state index < -0.39 is 17.4 Å². The first-order valence-corrected chi connectivity index (χ1v) is 9.33. The number of nitrogens with one attached hydrogen (secondary N) is 2. The van der Waals surface area contributed by atoms with Crippen LogP contribution in [0.25, 0.3) is 0 Å². The van der Waals surface area contributed by atoms with E-state index in [0.29, 0.717) is 12.2 Å². The van der Waals surface area contributed by atoms with E-state index in [9.17, 15) is 14.4 Å². The first-order valence-electron chi connectivity index (χ1n) is 9.33. The molecule has 4 atom stereocenters. The molecular formula is C20H21N3O4. The maximum absolute atomic E-state index is 13.2. The minimum atomic E-state index is -0.719. The van der Waals surface area contributed by atoms with Crippen molar-refractivity contribution in [2.45, 2.75) is 37.5 Å². The third kappa shape index (κ3) is 2.56. The molecular weight excluding hydrogens is 346 g/mol. The molecule has 1 aromatic rings. The van der Waals surface area contributed by atoms with Crippen LogP contribution in [0.4, 0.5) is 11.4 Å². The Balaban J connectivity index is 1.40. The summed E-state index contributed by atoms with van der Waals surface area (Å²) in [7, 11) is 0. The average Bonchev–Trinajstić information content (AvgIpc) is 3.16. The first kappa shape index (κ1) is 16.5. The number of amides is 3. The monoisotopic (exact) mass is 367 g/mol. The summed E-state index contributed by atoms with van der Waals surface area (Å²) in [5, 5.41) is 5.74.